The van der Waals surface area contributed by atoms with Crippen LogP contribution >= 0.6 is 11.6 Å². The molecule has 4 heteroatoms. The van der Waals surface area contributed by atoms with Crippen LogP contribution in [0.25, 0.3) is 0 Å². The maximum absolute atomic E-state index is 12.9. The Morgan fingerprint density at radius 3 is 2.30 bits per heavy atom. The molecule has 0 aliphatic carbocycles. The highest BCUT2D eigenvalue weighted by atomic mass is 35.5. The minimum Gasteiger partial charge on any atom is -0.339 e. The van der Waals surface area contributed by atoms with Gasteiger partial charge in [-0.15, -0.1) is 0 Å². The van der Waals surface area contributed by atoms with Gasteiger partial charge < -0.3 is 4.90 Å². The largest absolute Gasteiger partial charge is 0.339 e. The van der Waals surface area contributed by atoms with Crippen molar-refractivity contribution in [3.05, 3.63) is 58.1 Å². The Labute approximate surface area is 146 Å². The Kier molecular flexibility index (Phi) is 6.02. The van der Waals surface area contributed by atoms with Crippen molar-refractivity contribution in [1.29, 1.82) is 0 Å². The zero-order valence-electron chi connectivity index (χ0n) is 14.3. The number of hydrogen-bond acceptors (Lipinski definition) is 1. The molecule has 0 N–H and O–H groups in total. The third kappa shape index (κ3) is 3.85. The Balaban J connectivity index is 2.46. The Bertz CT molecular complexity index is 711. The average Bonchev–Trinajstić information content (AvgIpc) is 2.53. The molecule has 2 aromatic carbocycles. The smallest absolute Gasteiger partial charge is 0.255 e. The van der Waals surface area contributed by atoms with Crippen LogP contribution in [-0.2, 0) is 0 Å². The van der Waals surface area contributed by atoms with Gasteiger partial charge in [-0.05, 0) is 50.1 Å². The molecule has 0 heterocycles. The average molecular weight is 346 g/mol. The first-order chi connectivity index (χ1) is 11.0. The molecule has 0 atom stereocenters. The predicted octanol–water partition coefficient (Wildman–Crippen LogP) is 2.56. The highest BCUT2D eigenvalue weighted by Crippen LogP contribution is 2.16. The van der Waals surface area contributed by atoms with Crippen molar-refractivity contribution in [3.63, 3.8) is 0 Å². The van der Waals surface area contributed by atoms with Crippen molar-refractivity contribution in [3.8, 4) is 0 Å². The van der Waals surface area contributed by atoms with E-state index in [1.807, 2.05) is 30.9 Å². The van der Waals surface area contributed by atoms with Gasteiger partial charge in [-0.2, -0.15) is 0 Å². The lowest BCUT2D eigenvalue weighted by atomic mass is 10.1. The minimum atomic E-state index is -0.757. The van der Waals surface area contributed by atoms with E-state index in [0.29, 0.717) is 23.7 Å². The van der Waals surface area contributed by atoms with Gasteiger partial charge >= 0.3 is 0 Å². The van der Waals surface area contributed by atoms with Crippen LogP contribution in [0.2, 0.25) is 5.02 Å². The van der Waals surface area contributed by atoms with Crippen molar-refractivity contribution >= 4 is 37.4 Å². The molecule has 0 bridgehead atoms. The van der Waals surface area contributed by atoms with E-state index < -0.39 is 9.52 Å². The van der Waals surface area contributed by atoms with Crippen LogP contribution in [0.5, 0.6) is 0 Å². The molecule has 0 saturated heterocycles. The first-order valence-corrected chi connectivity index (χ1v) is 9.90. The molecule has 2 aromatic rings. The summed E-state index contributed by atoms with van der Waals surface area (Å²) in [5.41, 5.74) is 3.33. The van der Waals surface area contributed by atoms with E-state index >= 15 is 0 Å². The van der Waals surface area contributed by atoms with E-state index in [-0.39, 0.29) is 5.91 Å². The van der Waals surface area contributed by atoms with Crippen molar-refractivity contribution in [1.82, 2.24) is 4.90 Å². The number of rotatable bonds is 5. The molecule has 2 nitrogen and oxygen atoms in total. The van der Waals surface area contributed by atoms with Crippen molar-refractivity contribution in [2.24, 2.45) is 0 Å². The molecule has 0 aliphatic rings. The quantitative estimate of drug-likeness (QED) is 0.763. The topological polar surface area (TPSA) is 20.3 Å². The number of benzene rings is 2. The summed E-state index contributed by atoms with van der Waals surface area (Å²) in [5.74, 6) is 0.0495. The van der Waals surface area contributed by atoms with Crippen LogP contribution in [0.15, 0.2) is 36.4 Å². The van der Waals surface area contributed by atoms with Crippen LogP contribution in [0, 0.1) is 13.8 Å². The summed E-state index contributed by atoms with van der Waals surface area (Å²) in [6.07, 6.45) is 0. The van der Waals surface area contributed by atoms with Gasteiger partial charge in [0, 0.05) is 13.1 Å². The molecule has 2 rings (SSSR count). The minimum absolute atomic E-state index is 0.0495. The number of carbonyl (C=O) groups excluding carboxylic acids is 1. The lowest BCUT2D eigenvalue weighted by molar-refractivity contribution is 0.0774. The second-order valence-electron chi connectivity index (χ2n) is 5.79. The first kappa shape index (κ1) is 17.8. The van der Waals surface area contributed by atoms with Crippen LogP contribution in [0.1, 0.15) is 35.3 Å². The monoisotopic (exact) mass is 345 g/mol. The van der Waals surface area contributed by atoms with E-state index in [4.69, 9.17) is 11.6 Å². The van der Waals surface area contributed by atoms with E-state index in [1.54, 1.807) is 0 Å². The molecule has 23 heavy (non-hydrogen) atoms. The van der Waals surface area contributed by atoms with E-state index in [9.17, 15) is 4.79 Å². The number of carbonyl (C=O) groups is 1. The molecule has 0 spiro atoms. The van der Waals surface area contributed by atoms with Gasteiger partial charge in [0.2, 0.25) is 0 Å². The molecular formula is C19H24ClNOSi. The van der Waals surface area contributed by atoms with Gasteiger partial charge in [0.15, 0.2) is 0 Å². The summed E-state index contributed by atoms with van der Waals surface area (Å²) >= 11 is 6.39. The fourth-order valence-electron chi connectivity index (χ4n) is 2.83. The van der Waals surface area contributed by atoms with Gasteiger partial charge in [-0.25, -0.2) is 0 Å². The highest BCUT2D eigenvalue weighted by Gasteiger charge is 2.20. The second kappa shape index (κ2) is 7.80. The summed E-state index contributed by atoms with van der Waals surface area (Å²) in [6, 6.07) is 12.3. The third-order valence-corrected chi connectivity index (χ3v) is 6.89. The number of aryl methyl sites for hydroxylation is 1. The van der Waals surface area contributed by atoms with Gasteiger partial charge in [0.25, 0.3) is 5.91 Å². The Morgan fingerprint density at radius 1 is 1.04 bits per heavy atom. The standard InChI is InChI=1S/C19H24ClNOSi/c1-5-21(6-2)19(22)18-15(20)10-8-12-17(18)23-16-11-7-9-13(3)14(16)4/h7-12H,5-6,23H2,1-4H3. The zero-order chi connectivity index (χ0) is 17.0. The van der Waals surface area contributed by atoms with Crippen LogP contribution in [0.4, 0.5) is 0 Å². The van der Waals surface area contributed by atoms with E-state index in [2.05, 4.69) is 38.1 Å². The summed E-state index contributed by atoms with van der Waals surface area (Å²) in [5, 5.41) is 3.07. The van der Waals surface area contributed by atoms with Crippen LogP contribution < -0.4 is 10.4 Å². The molecule has 0 aromatic heterocycles. The number of hydrogen-bond donors (Lipinski definition) is 0. The molecule has 0 fully saturated rings. The second-order valence-corrected chi connectivity index (χ2v) is 8.07. The number of amides is 1. The first-order valence-electron chi connectivity index (χ1n) is 8.11. The molecule has 0 aliphatic heterocycles. The zero-order valence-corrected chi connectivity index (χ0v) is 16.5. The Hall–Kier alpha value is -1.58. The lowest BCUT2D eigenvalue weighted by Gasteiger charge is -2.21. The van der Waals surface area contributed by atoms with Gasteiger partial charge in [-0.3, -0.25) is 4.79 Å². The van der Waals surface area contributed by atoms with Gasteiger partial charge in [0.1, 0.15) is 0 Å². The molecule has 122 valence electrons. The molecule has 0 unspecified atom stereocenters. The van der Waals surface area contributed by atoms with Crippen LogP contribution in [0.3, 0.4) is 0 Å². The number of nitrogens with zero attached hydrogens (tertiary/aromatic N) is 1. The van der Waals surface area contributed by atoms with E-state index in [0.717, 1.165) is 5.19 Å². The summed E-state index contributed by atoms with van der Waals surface area (Å²) in [6.45, 7) is 9.69. The highest BCUT2D eigenvalue weighted by molar-refractivity contribution is 6.69. The molecule has 1 amide bonds. The van der Waals surface area contributed by atoms with Crippen LogP contribution in [-0.4, -0.2) is 33.4 Å². The molecule has 0 radical (unpaired) electrons. The van der Waals surface area contributed by atoms with Crippen molar-refractivity contribution in [2.45, 2.75) is 27.7 Å². The predicted molar refractivity (Wildman–Crippen MR) is 102 cm³/mol. The summed E-state index contributed by atoms with van der Waals surface area (Å²) in [4.78, 5) is 14.7. The van der Waals surface area contributed by atoms with Crippen molar-refractivity contribution < 1.29 is 4.79 Å². The maximum Gasteiger partial charge on any atom is 0.255 e. The third-order valence-electron chi connectivity index (χ3n) is 4.46. The fraction of sp³-hybridized carbons (Fsp3) is 0.316. The fourth-order valence-corrected chi connectivity index (χ4v) is 5.20. The van der Waals surface area contributed by atoms with Gasteiger partial charge in [0.05, 0.1) is 20.1 Å². The van der Waals surface area contributed by atoms with Gasteiger partial charge in [-0.1, -0.05) is 47.1 Å². The lowest BCUT2D eigenvalue weighted by Crippen LogP contribution is -2.39. The SMILES string of the molecule is CCN(CC)C(=O)c1c(Cl)cccc1[SiH2]c1cccc(C)c1C. The summed E-state index contributed by atoms with van der Waals surface area (Å²) < 4.78 is 0. The van der Waals surface area contributed by atoms with Crippen molar-refractivity contribution in [2.75, 3.05) is 13.1 Å². The molecular weight excluding hydrogens is 322 g/mol. The number of halogens is 1. The maximum atomic E-state index is 12.9. The normalized spacial score (nSPS) is 11.2. The summed E-state index contributed by atoms with van der Waals surface area (Å²) in [7, 11) is -0.757. The molecule has 0 saturated carbocycles. The Morgan fingerprint density at radius 2 is 1.65 bits per heavy atom. The van der Waals surface area contributed by atoms with E-state index in [1.165, 1.54) is 16.3 Å².